The maximum atomic E-state index is 12.3. The van der Waals surface area contributed by atoms with Crippen LogP contribution in [0.2, 0.25) is 0 Å². The first-order valence-corrected chi connectivity index (χ1v) is 8.72. The number of aryl methyl sites for hydroxylation is 1. The highest BCUT2D eigenvalue weighted by Crippen LogP contribution is 2.20. The summed E-state index contributed by atoms with van der Waals surface area (Å²) in [6.45, 7) is 1.93. The molecule has 0 aliphatic carbocycles. The minimum atomic E-state index is -3.34. The maximum absolute atomic E-state index is 12.3. The largest absolute Gasteiger partial charge is 0.371 e. The topological polar surface area (TPSA) is 46.2 Å². The minimum absolute atomic E-state index is 0.117. The first-order valence-electron chi connectivity index (χ1n) is 7.07. The van der Waals surface area contributed by atoms with Gasteiger partial charge in [0.1, 0.15) is 5.88 Å². The molecule has 0 spiro atoms. The lowest BCUT2D eigenvalue weighted by Crippen LogP contribution is -2.14. The zero-order chi connectivity index (χ0) is 15.6. The zero-order valence-corrected chi connectivity index (χ0v) is 13.1. The molecule has 0 amide bonds. The lowest BCUT2D eigenvalue weighted by Gasteiger charge is -2.09. The van der Waals surface area contributed by atoms with E-state index >= 15 is 0 Å². The third-order valence-electron chi connectivity index (χ3n) is 3.60. The molecule has 3 aromatic carbocycles. The Labute approximate surface area is 130 Å². The lowest BCUT2D eigenvalue weighted by molar-refractivity contribution is 0.598. The molecule has 112 valence electrons. The van der Waals surface area contributed by atoms with Crippen LogP contribution in [0.25, 0.3) is 10.8 Å². The predicted octanol–water partition coefficient (Wildman–Crippen LogP) is 3.99. The van der Waals surface area contributed by atoms with E-state index in [0.717, 1.165) is 22.0 Å². The average molecular weight is 311 g/mol. The Kier molecular flexibility index (Phi) is 3.86. The van der Waals surface area contributed by atoms with Crippen molar-refractivity contribution in [1.82, 2.24) is 0 Å². The smallest absolute Gasteiger partial charge is 0.196 e. The van der Waals surface area contributed by atoms with Crippen molar-refractivity contribution in [3.8, 4) is 0 Å². The Morgan fingerprint density at radius 2 is 1.55 bits per heavy atom. The second kappa shape index (κ2) is 5.81. The van der Waals surface area contributed by atoms with Gasteiger partial charge in [-0.15, -0.1) is 0 Å². The van der Waals surface area contributed by atoms with E-state index in [9.17, 15) is 8.42 Å². The fraction of sp³-hybridized carbons (Fsp3) is 0.111. The number of anilines is 1. The summed E-state index contributed by atoms with van der Waals surface area (Å²) in [6.07, 6.45) is 0. The van der Waals surface area contributed by atoms with Crippen molar-refractivity contribution in [1.29, 1.82) is 0 Å². The summed E-state index contributed by atoms with van der Waals surface area (Å²) >= 11 is 0. The molecule has 0 saturated carbocycles. The molecule has 0 saturated heterocycles. The fourth-order valence-electron chi connectivity index (χ4n) is 2.31. The van der Waals surface area contributed by atoms with Gasteiger partial charge in [0.2, 0.25) is 0 Å². The average Bonchev–Trinajstić information content (AvgIpc) is 2.53. The van der Waals surface area contributed by atoms with Gasteiger partial charge in [0.05, 0.1) is 4.90 Å². The molecular formula is C18H17NO2S. The van der Waals surface area contributed by atoms with Gasteiger partial charge in [-0.2, -0.15) is 0 Å². The second-order valence-electron chi connectivity index (χ2n) is 5.31. The molecule has 0 bridgehead atoms. The summed E-state index contributed by atoms with van der Waals surface area (Å²) in [6, 6.07) is 20.7. The van der Waals surface area contributed by atoms with Crippen LogP contribution in [0.4, 0.5) is 5.69 Å². The van der Waals surface area contributed by atoms with E-state index in [-0.39, 0.29) is 5.88 Å². The molecule has 3 aromatic rings. The van der Waals surface area contributed by atoms with E-state index in [2.05, 4.69) is 5.32 Å². The van der Waals surface area contributed by atoms with Gasteiger partial charge in [-0.25, -0.2) is 8.42 Å². The molecule has 3 nitrogen and oxygen atoms in total. The van der Waals surface area contributed by atoms with Gasteiger partial charge in [-0.05, 0) is 42.0 Å². The van der Waals surface area contributed by atoms with Crippen molar-refractivity contribution in [2.45, 2.75) is 11.8 Å². The minimum Gasteiger partial charge on any atom is -0.371 e. The molecule has 0 atom stereocenters. The molecule has 0 aliphatic rings. The van der Waals surface area contributed by atoms with E-state index in [1.165, 1.54) is 0 Å². The van der Waals surface area contributed by atoms with Gasteiger partial charge in [-0.3, -0.25) is 0 Å². The van der Waals surface area contributed by atoms with Crippen molar-refractivity contribution in [3.63, 3.8) is 0 Å². The van der Waals surface area contributed by atoms with Crippen LogP contribution in [-0.2, 0) is 9.84 Å². The third-order valence-corrected chi connectivity index (χ3v) is 5.11. The Hall–Kier alpha value is -2.33. The zero-order valence-electron chi connectivity index (χ0n) is 12.3. The number of sulfone groups is 1. The third kappa shape index (κ3) is 3.12. The fourth-order valence-corrected chi connectivity index (χ4v) is 3.38. The first kappa shape index (κ1) is 14.6. The molecule has 0 unspecified atom stereocenters. The number of benzene rings is 3. The van der Waals surface area contributed by atoms with Crippen LogP contribution < -0.4 is 5.32 Å². The van der Waals surface area contributed by atoms with Crippen molar-refractivity contribution >= 4 is 26.3 Å². The summed E-state index contributed by atoms with van der Waals surface area (Å²) in [5, 5.41) is 5.22. The molecule has 0 aromatic heterocycles. The highest BCUT2D eigenvalue weighted by molar-refractivity contribution is 7.91. The normalized spacial score (nSPS) is 11.5. The van der Waals surface area contributed by atoms with Crippen molar-refractivity contribution in [2.24, 2.45) is 0 Å². The van der Waals surface area contributed by atoms with Crippen LogP contribution in [0.15, 0.2) is 71.6 Å². The predicted molar refractivity (Wildman–Crippen MR) is 90.8 cm³/mol. The molecule has 3 rings (SSSR count). The standard InChI is InChI=1S/C18H17NO2S/c1-14-6-10-18(11-7-14)22(20,21)13-19-17-9-8-15-4-2-3-5-16(15)12-17/h2-12,19H,13H2,1H3. The van der Waals surface area contributed by atoms with Crippen molar-refractivity contribution in [2.75, 3.05) is 11.2 Å². The monoisotopic (exact) mass is 311 g/mol. The van der Waals surface area contributed by atoms with Gasteiger partial charge in [0, 0.05) is 5.69 Å². The SMILES string of the molecule is Cc1ccc(S(=O)(=O)CNc2ccc3ccccc3c2)cc1. The molecule has 0 fully saturated rings. The van der Waals surface area contributed by atoms with Gasteiger partial charge in [0.25, 0.3) is 0 Å². The number of nitrogens with one attached hydrogen (secondary N) is 1. The number of fused-ring (bicyclic) bond motifs is 1. The van der Waals surface area contributed by atoms with Gasteiger partial charge < -0.3 is 5.32 Å². The van der Waals surface area contributed by atoms with Crippen LogP contribution in [-0.4, -0.2) is 14.3 Å². The molecule has 0 aliphatic heterocycles. The molecule has 22 heavy (non-hydrogen) atoms. The summed E-state index contributed by atoms with van der Waals surface area (Å²) in [7, 11) is -3.34. The summed E-state index contributed by atoms with van der Waals surface area (Å²) in [4.78, 5) is 0.339. The maximum Gasteiger partial charge on any atom is 0.196 e. The highest BCUT2D eigenvalue weighted by atomic mass is 32.2. The van der Waals surface area contributed by atoms with Crippen LogP contribution >= 0.6 is 0 Å². The van der Waals surface area contributed by atoms with E-state index < -0.39 is 9.84 Å². The number of hydrogen-bond acceptors (Lipinski definition) is 3. The lowest BCUT2D eigenvalue weighted by atomic mass is 10.1. The van der Waals surface area contributed by atoms with Gasteiger partial charge in [-0.1, -0.05) is 48.0 Å². The van der Waals surface area contributed by atoms with E-state index in [0.29, 0.717) is 4.90 Å². The second-order valence-corrected chi connectivity index (χ2v) is 7.30. The van der Waals surface area contributed by atoms with Gasteiger partial charge >= 0.3 is 0 Å². The highest BCUT2D eigenvalue weighted by Gasteiger charge is 2.13. The molecule has 1 N–H and O–H groups in total. The van der Waals surface area contributed by atoms with Crippen LogP contribution in [0, 0.1) is 6.92 Å². The Balaban J connectivity index is 1.79. The quantitative estimate of drug-likeness (QED) is 0.792. The summed E-state index contributed by atoms with van der Waals surface area (Å²) in [5.41, 5.74) is 1.84. The molecule has 0 radical (unpaired) electrons. The van der Waals surface area contributed by atoms with Crippen LogP contribution in [0.5, 0.6) is 0 Å². The molecule has 4 heteroatoms. The van der Waals surface area contributed by atoms with Crippen LogP contribution in [0.1, 0.15) is 5.56 Å². The van der Waals surface area contributed by atoms with Gasteiger partial charge in [0.15, 0.2) is 9.84 Å². The van der Waals surface area contributed by atoms with E-state index in [4.69, 9.17) is 0 Å². The Bertz CT molecular complexity index is 900. The van der Waals surface area contributed by atoms with E-state index in [1.807, 2.05) is 61.5 Å². The van der Waals surface area contributed by atoms with Crippen molar-refractivity contribution < 1.29 is 8.42 Å². The summed E-state index contributed by atoms with van der Waals surface area (Å²) in [5.74, 6) is -0.117. The summed E-state index contributed by atoms with van der Waals surface area (Å²) < 4.78 is 24.6. The Morgan fingerprint density at radius 3 is 2.27 bits per heavy atom. The molecular weight excluding hydrogens is 294 g/mol. The van der Waals surface area contributed by atoms with E-state index in [1.54, 1.807) is 12.1 Å². The number of hydrogen-bond donors (Lipinski definition) is 1. The first-order chi connectivity index (χ1) is 10.5. The molecule has 0 heterocycles. The number of rotatable bonds is 4. The Morgan fingerprint density at radius 1 is 0.864 bits per heavy atom. The van der Waals surface area contributed by atoms with Crippen LogP contribution in [0.3, 0.4) is 0 Å². The van der Waals surface area contributed by atoms with Crippen molar-refractivity contribution in [3.05, 3.63) is 72.3 Å².